The fraction of sp³-hybridized carbons (Fsp3) is 0.125. The maximum absolute atomic E-state index is 12.5. The van der Waals surface area contributed by atoms with E-state index in [1.165, 1.54) is 12.1 Å². The highest BCUT2D eigenvalue weighted by molar-refractivity contribution is 9.10. The standard InChI is InChI=1S/C16H11BrF3N3O/c1-10-2-3-13(9-21-10)23-15(4-5-22-23)11-6-12(17)8-14(7-11)24-16(18,19)20/h2-9H,1H3. The molecule has 24 heavy (non-hydrogen) atoms. The van der Waals surface area contributed by atoms with Gasteiger partial charge < -0.3 is 4.74 Å². The van der Waals surface area contributed by atoms with Crippen LogP contribution in [0.5, 0.6) is 5.75 Å². The summed E-state index contributed by atoms with van der Waals surface area (Å²) in [5.74, 6) is -0.304. The van der Waals surface area contributed by atoms with Crippen LogP contribution >= 0.6 is 15.9 Å². The molecule has 0 radical (unpaired) electrons. The summed E-state index contributed by atoms with van der Waals surface area (Å²) in [5.41, 5.74) is 2.71. The average Bonchev–Trinajstić information content (AvgIpc) is 2.95. The fourth-order valence-corrected chi connectivity index (χ4v) is 2.69. The summed E-state index contributed by atoms with van der Waals surface area (Å²) in [6.45, 7) is 1.86. The highest BCUT2D eigenvalue weighted by atomic mass is 79.9. The Balaban J connectivity index is 2.04. The molecule has 0 aliphatic carbocycles. The minimum atomic E-state index is -4.75. The Morgan fingerprint density at radius 1 is 1.12 bits per heavy atom. The predicted molar refractivity (Wildman–Crippen MR) is 85.9 cm³/mol. The van der Waals surface area contributed by atoms with Crippen LogP contribution in [0.3, 0.4) is 0 Å². The van der Waals surface area contributed by atoms with Gasteiger partial charge in [0.05, 0.1) is 23.8 Å². The first-order valence-corrected chi connectivity index (χ1v) is 7.65. The lowest BCUT2D eigenvalue weighted by atomic mass is 10.1. The van der Waals surface area contributed by atoms with Crippen LogP contribution in [0.2, 0.25) is 0 Å². The maximum atomic E-state index is 12.5. The van der Waals surface area contributed by atoms with E-state index in [4.69, 9.17) is 0 Å². The van der Waals surface area contributed by atoms with E-state index in [0.29, 0.717) is 21.4 Å². The number of aromatic nitrogens is 3. The predicted octanol–water partition coefficient (Wildman–Crippen LogP) is 4.90. The molecule has 2 heterocycles. The van der Waals surface area contributed by atoms with Crippen molar-refractivity contribution in [3.05, 3.63) is 59.0 Å². The zero-order valence-corrected chi connectivity index (χ0v) is 14.0. The van der Waals surface area contributed by atoms with Gasteiger partial charge in [-0.05, 0) is 43.3 Å². The third kappa shape index (κ3) is 3.76. The van der Waals surface area contributed by atoms with E-state index in [-0.39, 0.29) is 5.75 Å². The van der Waals surface area contributed by atoms with Gasteiger partial charge in [0.2, 0.25) is 0 Å². The van der Waals surface area contributed by atoms with Gasteiger partial charge >= 0.3 is 6.36 Å². The van der Waals surface area contributed by atoms with Crippen LogP contribution in [0.1, 0.15) is 5.69 Å². The summed E-state index contributed by atoms with van der Waals surface area (Å²) in [4.78, 5) is 4.21. The number of ether oxygens (including phenoxy) is 1. The van der Waals surface area contributed by atoms with E-state index in [9.17, 15) is 13.2 Å². The number of nitrogens with zero attached hydrogens (tertiary/aromatic N) is 3. The molecule has 3 rings (SSSR count). The first-order chi connectivity index (χ1) is 11.3. The van der Waals surface area contributed by atoms with Crippen molar-refractivity contribution >= 4 is 15.9 Å². The van der Waals surface area contributed by atoms with E-state index in [0.717, 1.165) is 5.69 Å². The molecule has 8 heteroatoms. The molecule has 0 saturated heterocycles. The van der Waals surface area contributed by atoms with Crippen molar-refractivity contribution in [1.82, 2.24) is 14.8 Å². The molecule has 0 unspecified atom stereocenters. The van der Waals surface area contributed by atoms with Crippen LogP contribution < -0.4 is 4.74 Å². The van der Waals surface area contributed by atoms with Crippen LogP contribution in [0.4, 0.5) is 13.2 Å². The SMILES string of the molecule is Cc1ccc(-n2nccc2-c2cc(Br)cc(OC(F)(F)F)c2)cn1. The van der Waals surface area contributed by atoms with Gasteiger partial charge in [0, 0.05) is 15.7 Å². The van der Waals surface area contributed by atoms with Gasteiger partial charge in [-0.15, -0.1) is 13.2 Å². The van der Waals surface area contributed by atoms with Gasteiger partial charge in [0.15, 0.2) is 0 Å². The van der Waals surface area contributed by atoms with Gasteiger partial charge in [0.25, 0.3) is 0 Å². The highest BCUT2D eigenvalue weighted by Crippen LogP contribution is 2.32. The molecule has 0 bridgehead atoms. The molecule has 0 fully saturated rings. The largest absolute Gasteiger partial charge is 0.573 e. The Labute approximate surface area is 144 Å². The highest BCUT2D eigenvalue weighted by Gasteiger charge is 2.31. The van der Waals surface area contributed by atoms with E-state index in [1.807, 2.05) is 19.1 Å². The van der Waals surface area contributed by atoms with E-state index >= 15 is 0 Å². The molecule has 3 aromatic rings. The second-order valence-corrected chi connectivity index (χ2v) is 5.93. The van der Waals surface area contributed by atoms with Gasteiger partial charge in [-0.2, -0.15) is 5.10 Å². The summed E-state index contributed by atoms with van der Waals surface area (Å²) in [6, 6.07) is 9.64. The Bertz CT molecular complexity index is 860. The molecule has 0 saturated carbocycles. The van der Waals surface area contributed by atoms with Crippen LogP contribution in [0.25, 0.3) is 16.9 Å². The quantitative estimate of drug-likeness (QED) is 0.630. The van der Waals surface area contributed by atoms with E-state index < -0.39 is 6.36 Å². The number of hydrogen-bond acceptors (Lipinski definition) is 3. The molecule has 0 spiro atoms. The topological polar surface area (TPSA) is 39.9 Å². The number of halogens is 4. The van der Waals surface area contributed by atoms with Gasteiger partial charge in [-0.3, -0.25) is 4.98 Å². The molecular weight excluding hydrogens is 387 g/mol. The minimum Gasteiger partial charge on any atom is -0.406 e. The third-order valence-corrected chi connectivity index (χ3v) is 3.64. The van der Waals surface area contributed by atoms with Crippen molar-refractivity contribution in [3.8, 4) is 22.7 Å². The monoisotopic (exact) mass is 397 g/mol. The second-order valence-electron chi connectivity index (χ2n) is 5.01. The lowest BCUT2D eigenvalue weighted by molar-refractivity contribution is -0.274. The molecule has 0 atom stereocenters. The zero-order valence-electron chi connectivity index (χ0n) is 12.4. The van der Waals surface area contributed by atoms with Crippen LogP contribution in [0.15, 0.2) is 53.3 Å². The lowest BCUT2D eigenvalue weighted by Crippen LogP contribution is -2.17. The summed E-state index contributed by atoms with van der Waals surface area (Å²) < 4.78 is 43.5. The molecule has 0 N–H and O–H groups in total. The summed E-state index contributed by atoms with van der Waals surface area (Å²) >= 11 is 3.21. The smallest absolute Gasteiger partial charge is 0.406 e. The molecular formula is C16H11BrF3N3O. The van der Waals surface area contributed by atoms with Crippen LogP contribution in [0, 0.1) is 6.92 Å². The van der Waals surface area contributed by atoms with Crippen molar-refractivity contribution in [2.75, 3.05) is 0 Å². The number of benzene rings is 1. The maximum Gasteiger partial charge on any atom is 0.573 e. The fourth-order valence-electron chi connectivity index (χ4n) is 2.22. The number of aryl methyl sites for hydroxylation is 1. The van der Waals surface area contributed by atoms with Gasteiger partial charge in [-0.1, -0.05) is 15.9 Å². The lowest BCUT2D eigenvalue weighted by Gasteiger charge is -2.12. The Morgan fingerprint density at radius 3 is 2.58 bits per heavy atom. The number of hydrogen-bond donors (Lipinski definition) is 0. The third-order valence-electron chi connectivity index (χ3n) is 3.18. The first-order valence-electron chi connectivity index (χ1n) is 6.85. The molecule has 124 valence electrons. The Hall–Kier alpha value is -2.35. The second kappa shape index (κ2) is 6.27. The van der Waals surface area contributed by atoms with Crippen molar-refractivity contribution in [2.24, 2.45) is 0 Å². The van der Waals surface area contributed by atoms with Crippen LogP contribution in [-0.4, -0.2) is 21.1 Å². The van der Waals surface area contributed by atoms with E-state index in [2.05, 4.69) is 30.7 Å². The number of rotatable bonds is 3. The van der Waals surface area contributed by atoms with Gasteiger partial charge in [0.1, 0.15) is 5.75 Å². The normalized spacial score (nSPS) is 11.5. The molecule has 0 aliphatic rings. The molecule has 0 aliphatic heterocycles. The van der Waals surface area contributed by atoms with Crippen molar-refractivity contribution < 1.29 is 17.9 Å². The zero-order chi connectivity index (χ0) is 17.3. The molecule has 2 aromatic heterocycles. The number of alkyl halides is 3. The Morgan fingerprint density at radius 2 is 1.92 bits per heavy atom. The average molecular weight is 398 g/mol. The van der Waals surface area contributed by atoms with Crippen molar-refractivity contribution in [1.29, 1.82) is 0 Å². The molecule has 4 nitrogen and oxygen atoms in total. The molecule has 1 aromatic carbocycles. The first kappa shape index (κ1) is 16.5. The summed E-state index contributed by atoms with van der Waals surface area (Å²) in [6.07, 6.45) is -1.53. The summed E-state index contributed by atoms with van der Waals surface area (Å²) in [7, 11) is 0. The van der Waals surface area contributed by atoms with Crippen molar-refractivity contribution in [3.63, 3.8) is 0 Å². The van der Waals surface area contributed by atoms with E-state index in [1.54, 1.807) is 29.2 Å². The molecule has 0 amide bonds. The summed E-state index contributed by atoms with van der Waals surface area (Å²) in [5, 5.41) is 4.22. The van der Waals surface area contributed by atoms with Crippen LogP contribution in [-0.2, 0) is 0 Å². The van der Waals surface area contributed by atoms with Gasteiger partial charge in [-0.25, -0.2) is 4.68 Å². The van der Waals surface area contributed by atoms with Crippen molar-refractivity contribution in [2.45, 2.75) is 13.3 Å². The number of pyridine rings is 1. The minimum absolute atomic E-state index is 0.304. The Kier molecular flexibility index (Phi) is 4.31.